The number of rotatable bonds is 4. The number of hydrogen-bond acceptors (Lipinski definition) is 4. The van der Waals surface area contributed by atoms with E-state index in [0.29, 0.717) is 18.0 Å². The lowest BCUT2D eigenvalue weighted by atomic mass is 10.1. The van der Waals surface area contributed by atoms with Gasteiger partial charge in [0.15, 0.2) is 6.61 Å². The summed E-state index contributed by atoms with van der Waals surface area (Å²) < 4.78 is 5.41. The van der Waals surface area contributed by atoms with Gasteiger partial charge in [0.2, 0.25) is 0 Å². The van der Waals surface area contributed by atoms with Gasteiger partial charge in [-0.25, -0.2) is 9.69 Å². The third-order valence-corrected chi connectivity index (χ3v) is 4.75. The van der Waals surface area contributed by atoms with Crippen LogP contribution in [0, 0.1) is 6.92 Å². The molecular weight excluding hydrogens is 322 g/mol. The number of amides is 4. The predicted molar refractivity (Wildman–Crippen MR) is 92.6 cm³/mol. The summed E-state index contributed by atoms with van der Waals surface area (Å²) in [4.78, 5) is 39.8. The van der Waals surface area contributed by atoms with Crippen molar-refractivity contribution in [3.8, 4) is 5.75 Å². The van der Waals surface area contributed by atoms with E-state index in [9.17, 15) is 14.4 Å². The van der Waals surface area contributed by atoms with Crippen LogP contribution in [-0.4, -0.2) is 49.0 Å². The molecule has 25 heavy (non-hydrogen) atoms. The van der Waals surface area contributed by atoms with Crippen LogP contribution in [0.5, 0.6) is 5.75 Å². The van der Waals surface area contributed by atoms with E-state index in [0.717, 1.165) is 31.2 Å². The first-order valence-corrected chi connectivity index (χ1v) is 8.61. The van der Waals surface area contributed by atoms with E-state index in [-0.39, 0.29) is 30.5 Å². The molecule has 1 atom stereocenters. The number of urea groups is 1. The molecule has 2 saturated heterocycles. The number of carbonyl (C=O) groups excluding carboxylic acids is 3. The highest BCUT2D eigenvalue weighted by atomic mass is 16.5. The fourth-order valence-electron chi connectivity index (χ4n) is 3.38. The molecule has 1 N–H and O–H groups in total. The smallest absolute Gasteiger partial charge is 0.332 e. The highest BCUT2D eigenvalue weighted by Gasteiger charge is 2.46. The van der Waals surface area contributed by atoms with E-state index in [4.69, 9.17) is 4.74 Å². The summed E-state index contributed by atoms with van der Waals surface area (Å²) in [6, 6.07) is 4.55. The van der Waals surface area contributed by atoms with Crippen LogP contribution in [0.15, 0.2) is 18.2 Å². The van der Waals surface area contributed by atoms with Gasteiger partial charge in [0.25, 0.3) is 11.8 Å². The van der Waals surface area contributed by atoms with Crippen LogP contribution in [0.25, 0.3) is 0 Å². The number of hydrogen-bond donors (Lipinski definition) is 1. The van der Waals surface area contributed by atoms with Crippen LogP contribution in [0.3, 0.4) is 0 Å². The number of ether oxygens (including phenoxy) is 1. The molecule has 0 saturated carbocycles. The van der Waals surface area contributed by atoms with Gasteiger partial charge in [-0.05, 0) is 43.5 Å². The van der Waals surface area contributed by atoms with Crippen LogP contribution in [0.4, 0.5) is 10.5 Å². The number of nitrogens with zero attached hydrogens (tertiary/aromatic N) is 2. The second-order valence-electron chi connectivity index (χ2n) is 6.42. The van der Waals surface area contributed by atoms with Gasteiger partial charge in [-0.15, -0.1) is 0 Å². The standard InChI is InChI=1S/C18H23N3O4/c1-12-10-13(25-11-16(22)19-2)7-8-14(12)21-17(23)15-6-4-3-5-9-20(15)18(21)24/h7-8,10,15H,3-6,9,11H2,1-2H3,(H,19,22). The summed E-state index contributed by atoms with van der Waals surface area (Å²) in [7, 11) is 1.54. The number of fused-ring (bicyclic) bond motifs is 1. The minimum absolute atomic E-state index is 0.0767. The summed E-state index contributed by atoms with van der Waals surface area (Å²) in [5, 5.41) is 2.48. The van der Waals surface area contributed by atoms with E-state index in [1.54, 1.807) is 30.1 Å². The first kappa shape index (κ1) is 17.3. The van der Waals surface area contributed by atoms with Crippen molar-refractivity contribution in [2.75, 3.05) is 25.1 Å². The molecule has 7 heteroatoms. The van der Waals surface area contributed by atoms with E-state index >= 15 is 0 Å². The predicted octanol–water partition coefficient (Wildman–Crippen LogP) is 1.83. The van der Waals surface area contributed by atoms with Gasteiger partial charge < -0.3 is 15.0 Å². The zero-order valence-corrected chi connectivity index (χ0v) is 14.6. The Balaban J connectivity index is 1.80. The molecule has 0 radical (unpaired) electrons. The molecule has 2 heterocycles. The average molecular weight is 345 g/mol. The van der Waals surface area contributed by atoms with Crippen molar-refractivity contribution in [3.63, 3.8) is 0 Å². The molecule has 0 aromatic heterocycles. The lowest BCUT2D eigenvalue weighted by molar-refractivity contribution is -0.122. The molecule has 0 aliphatic carbocycles. The maximum absolute atomic E-state index is 12.8. The van der Waals surface area contributed by atoms with Crippen LogP contribution >= 0.6 is 0 Å². The third-order valence-electron chi connectivity index (χ3n) is 4.75. The first-order valence-electron chi connectivity index (χ1n) is 8.61. The van der Waals surface area contributed by atoms with Crippen molar-refractivity contribution in [2.24, 2.45) is 0 Å². The lowest BCUT2D eigenvalue weighted by Gasteiger charge is -2.19. The highest BCUT2D eigenvalue weighted by molar-refractivity contribution is 6.21. The van der Waals surface area contributed by atoms with Gasteiger partial charge in [0, 0.05) is 13.6 Å². The van der Waals surface area contributed by atoms with Crippen LogP contribution in [-0.2, 0) is 9.59 Å². The van der Waals surface area contributed by atoms with E-state index < -0.39 is 0 Å². The molecule has 7 nitrogen and oxygen atoms in total. The molecule has 0 spiro atoms. The molecule has 1 aromatic rings. The Morgan fingerprint density at radius 3 is 2.80 bits per heavy atom. The maximum Gasteiger partial charge on any atom is 0.332 e. The summed E-state index contributed by atoms with van der Waals surface area (Å²) >= 11 is 0. The Morgan fingerprint density at radius 1 is 1.28 bits per heavy atom. The van der Waals surface area contributed by atoms with Crippen molar-refractivity contribution >= 4 is 23.5 Å². The van der Waals surface area contributed by atoms with Crippen molar-refractivity contribution in [1.82, 2.24) is 10.2 Å². The van der Waals surface area contributed by atoms with Gasteiger partial charge in [-0.1, -0.05) is 12.8 Å². The van der Waals surface area contributed by atoms with Crippen molar-refractivity contribution in [3.05, 3.63) is 23.8 Å². The van der Waals surface area contributed by atoms with Crippen LogP contribution in [0.1, 0.15) is 31.2 Å². The molecule has 1 aromatic carbocycles. The third kappa shape index (κ3) is 3.31. The van der Waals surface area contributed by atoms with Crippen molar-refractivity contribution in [2.45, 2.75) is 38.6 Å². The van der Waals surface area contributed by atoms with Gasteiger partial charge in [0.1, 0.15) is 11.8 Å². The number of likely N-dealkylation sites (N-methyl/N-ethyl adjacent to an activating group) is 1. The Morgan fingerprint density at radius 2 is 2.08 bits per heavy atom. The summed E-state index contributed by atoms with van der Waals surface area (Å²) in [6.07, 6.45) is 3.70. The average Bonchev–Trinajstić information content (AvgIpc) is 2.78. The van der Waals surface area contributed by atoms with Crippen molar-refractivity contribution < 1.29 is 19.1 Å². The Labute approximate surface area is 146 Å². The molecule has 2 aliphatic heterocycles. The monoisotopic (exact) mass is 345 g/mol. The van der Waals surface area contributed by atoms with E-state index in [1.807, 2.05) is 6.92 Å². The number of carbonyl (C=O) groups is 3. The number of imide groups is 1. The van der Waals surface area contributed by atoms with Gasteiger partial charge in [0.05, 0.1) is 5.69 Å². The SMILES string of the molecule is CNC(=O)COc1ccc(N2C(=O)C3CCCCCN3C2=O)c(C)c1. The number of aryl methyl sites for hydroxylation is 1. The largest absolute Gasteiger partial charge is 0.484 e. The normalized spacial score (nSPS) is 20.3. The summed E-state index contributed by atoms with van der Waals surface area (Å²) in [6.45, 7) is 2.39. The van der Waals surface area contributed by atoms with Crippen molar-refractivity contribution in [1.29, 1.82) is 0 Å². The zero-order valence-electron chi connectivity index (χ0n) is 14.6. The highest BCUT2D eigenvalue weighted by Crippen LogP contribution is 2.33. The minimum Gasteiger partial charge on any atom is -0.484 e. The quantitative estimate of drug-likeness (QED) is 0.845. The first-order chi connectivity index (χ1) is 12.0. The number of nitrogens with one attached hydrogen (secondary N) is 1. The Bertz CT molecular complexity index is 680. The minimum atomic E-state index is -0.335. The molecule has 0 bridgehead atoms. The lowest BCUT2D eigenvalue weighted by Crippen LogP contribution is -2.34. The number of benzene rings is 1. The number of anilines is 1. The van der Waals surface area contributed by atoms with Gasteiger partial charge in [-0.3, -0.25) is 9.59 Å². The summed E-state index contributed by atoms with van der Waals surface area (Å²) in [5.74, 6) is 0.159. The van der Waals surface area contributed by atoms with E-state index in [2.05, 4.69) is 5.32 Å². The molecule has 4 amide bonds. The second kappa shape index (κ2) is 7.13. The Hall–Kier alpha value is -2.57. The van der Waals surface area contributed by atoms with Crippen LogP contribution < -0.4 is 15.0 Å². The molecule has 2 fully saturated rings. The molecule has 134 valence electrons. The molecule has 1 unspecified atom stereocenters. The zero-order chi connectivity index (χ0) is 18.0. The fraction of sp³-hybridized carbons (Fsp3) is 0.500. The van der Waals surface area contributed by atoms with Gasteiger partial charge >= 0.3 is 6.03 Å². The molecular formula is C18H23N3O4. The van der Waals surface area contributed by atoms with Crippen LogP contribution in [0.2, 0.25) is 0 Å². The maximum atomic E-state index is 12.8. The molecule has 2 aliphatic rings. The summed E-state index contributed by atoms with van der Waals surface area (Å²) in [5.41, 5.74) is 1.34. The fourth-order valence-corrected chi connectivity index (χ4v) is 3.38. The van der Waals surface area contributed by atoms with E-state index in [1.165, 1.54) is 4.90 Å². The molecule has 3 rings (SSSR count). The second-order valence-corrected chi connectivity index (χ2v) is 6.42. The van der Waals surface area contributed by atoms with Gasteiger partial charge in [-0.2, -0.15) is 0 Å². The Kier molecular flexibility index (Phi) is 4.92. The topological polar surface area (TPSA) is 79.0 Å².